The second-order valence-corrected chi connectivity index (χ2v) is 6.91. The van der Waals surface area contributed by atoms with Crippen LogP contribution in [0.3, 0.4) is 0 Å². The quantitative estimate of drug-likeness (QED) is 0.448. The van der Waals surface area contributed by atoms with E-state index in [2.05, 4.69) is 6.92 Å². The van der Waals surface area contributed by atoms with Crippen LogP contribution in [0.1, 0.15) is 46.5 Å². The Balaban J connectivity index is 2.05. The first-order chi connectivity index (χ1) is 12.4. The summed E-state index contributed by atoms with van der Waals surface area (Å²) in [5, 5.41) is 10.8. The number of fused-ring (bicyclic) bond motifs is 2. The third-order valence-electron chi connectivity index (χ3n) is 5.00. The molecule has 0 amide bonds. The monoisotopic (exact) mass is 356 g/mol. The van der Waals surface area contributed by atoms with Gasteiger partial charge >= 0.3 is 5.97 Å². The summed E-state index contributed by atoms with van der Waals surface area (Å²) in [5.74, 6) is -0.249. The average Bonchev–Trinajstić information content (AvgIpc) is 2.86. The topological polar surface area (TPSA) is 72.8 Å². The molecular formula is C21H24O5. The van der Waals surface area contributed by atoms with Crippen LogP contribution in [-0.4, -0.2) is 28.6 Å². The molecular weight excluding hydrogens is 332 g/mol. The molecule has 0 radical (unpaired) electrons. The van der Waals surface area contributed by atoms with E-state index in [1.165, 1.54) is 6.26 Å². The number of Topliss-reactive ketones (excluding diaryl/α,β-unsaturated/α-hetero) is 1. The lowest BCUT2D eigenvalue weighted by Gasteiger charge is -2.37. The van der Waals surface area contributed by atoms with Crippen LogP contribution in [0.2, 0.25) is 0 Å². The van der Waals surface area contributed by atoms with E-state index in [1.807, 2.05) is 13.0 Å². The number of rotatable bonds is 6. The van der Waals surface area contributed by atoms with Crippen molar-refractivity contribution in [3.05, 3.63) is 58.6 Å². The molecule has 138 valence electrons. The first-order valence-electron chi connectivity index (χ1n) is 9.05. The molecule has 5 heteroatoms. The molecule has 26 heavy (non-hydrogen) atoms. The maximum Gasteiger partial charge on any atom is 0.343 e. The van der Waals surface area contributed by atoms with Crippen molar-refractivity contribution < 1.29 is 24.2 Å². The predicted octanol–water partition coefficient (Wildman–Crippen LogP) is 3.42. The molecule has 0 spiro atoms. The molecule has 5 nitrogen and oxygen atoms in total. The van der Waals surface area contributed by atoms with E-state index in [-0.39, 0.29) is 11.4 Å². The Hall–Kier alpha value is -2.40. The molecule has 0 aromatic carbocycles. The van der Waals surface area contributed by atoms with E-state index in [0.717, 1.165) is 24.8 Å². The fraction of sp³-hybridized carbons (Fsp3) is 0.429. The molecule has 2 unspecified atom stereocenters. The van der Waals surface area contributed by atoms with Gasteiger partial charge in [0.15, 0.2) is 11.4 Å². The Bertz CT molecular complexity index is 793. The SMILES string of the molecule is CC=CC1=CC2=CC3=C(C(=O)CCCCC)C(=O)OC3(C)C(O)C2=CO1. The summed E-state index contributed by atoms with van der Waals surface area (Å²) in [7, 11) is 0. The van der Waals surface area contributed by atoms with E-state index >= 15 is 0 Å². The third-order valence-corrected chi connectivity index (χ3v) is 5.00. The average molecular weight is 356 g/mol. The lowest BCUT2D eigenvalue weighted by atomic mass is 9.75. The number of aliphatic hydroxyl groups is 1. The van der Waals surface area contributed by atoms with Crippen LogP contribution in [0.25, 0.3) is 0 Å². The van der Waals surface area contributed by atoms with Crippen molar-refractivity contribution in [2.45, 2.75) is 58.2 Å². The minimum absolute atomic E-state index is 0.0710. The number of aliphatic hydroxyl groups excluding tert-OH is 1. The van der Waals surface area contributed by atoms with Gasteiger partial charge in [0.05, 0.1) is 6.26 Å². The molecule has 3 aliphatic rings. The molecule has 0 bridgehead atoms. The zero-order valence-electron chi connectivity index (χ0n) is 15.4. The highest BCUT2D eigenvalue weighted by atomic mass is 16.6. The number of hydrogen-bond acceptors (Lipinski definition) is 5. The molecule has 0 fully saturated rings. The second kappa shape index (κ2) is 7.08. The highest BCUT2D eigenvalue weighted by molar-refractivity contribution is 6.20. The van der Waals surface area contributed by atoms with Crippen LogP contribution in [0, 0.1) is 0 Å². The van der Waals surface area contributed by atoms with Gasteiger partial charge in [0.2, 0.25) is 0 Å². The Kier molecular flexibility index (Phi) is 5.01. The smallest absolute Gasteiger partial charge is 0.343 e. The number of carbonyl (C=O) groups excluding carboxylic acids is 2. The summed E-state index contributed by atoms with van der Waals surface area (Å²) < 4.78 is 11.0. The van der Waals surface area contributed by atoms with Crippen LogP contribution in [-0.2, 0) is 19.1 Å². The normalized spacial score (nSPS) is 27.3. The van der Waals surface area contributed by atoms with Crippen molar-refractivity contribution in [2.75, 3.05) is 0 Å². The molecule has 0 aromatic rings. The fourth-order valence-electron chi connectivity index (χ4n) is 3.52. The summed E-state index contributed by atoms with van der Waals surface area (Å²) in [6.45, 7) is 5.57. The number of unbranched alkanes of at least 4 members (excludes halogenated alkanes) is 2. The zero-order valence-corrected chi connectivity index (χ0v) is 15.4. The van der Waals surface area contributed by atoms with Gasteiger partial charge in [-0.3, -0.25) is 4.79 Å². The van der Waals surface area contributed by atoms with E-state index < -0.39 is 17.7 Å². The van der Waals surface area contributed by atoms with Crippen LogP contribution >= 0.6 is 0 Å². The summed E-state index contributed by atoms with van der Waals surface area (Å²) in [4.78, 5) is 25.0. The molecule has 0 saturated carbocycles. The van der Waals surface area contributed by atoms with E-state index in [4.69, 9.17) is 9.47 Å². The van der Waals surface area contributed by atoms with Gasteiger partial charge in [-0.15, -0.1) is 0 Å². The standard InChI is InChI=1S/C21H24O5/c1-4-6-7-9-17(22)18-16-11-13-10-14(8-5-2)25-12-15(13)19(23)21(16,3)26-20(18)24/h5,8,10-12,19,23H,4,6-7,9H2,1-3H3. The molecule has 2 heterocycles. The molecule has 0 aromatic heterocycles. The number of ether oxygens (including phenoxy) is 2. The minimum Gasteiger partial charge on any atom is -0.465 e. The van der Waals surface area contributed by atoms with Crippen LogP contribution < -0.4 is 0 Å². The Morgan fingerprint density at radius 3 is 2.81 bits per heavy atom. The zero-order chi connectivity index (χ0) is 18.9. The Morgan fingerprint density at radius 2 is 2.12 bits per heavy atom. The van der Waals surface area contributed by atoms with Gasteiger partial charge in [-0.2, -0.15) is 0 Å². The number of hydrogen-bond donors (Lipinski definition) is 1. The van der Waals surface area contributed by atoms with Gasteiger partial charge in [0, 0.05) is 17.6 Å². The van der Waals surface area contributed by atoms with E-state index in [9.17, 15) is 14.7 Å². The molecule has 2 atom stereocenters. The third kappa shape index (κ3) is 2.97. The number of carbonyl (C=O) groups is 2. The van der Waals surface area contributed by atoms with Gasteiger partial charge < -0.3 is 14.6 Å². The van der Waals surface area contributed by atoms with Gasteiger partial charge in [0.25, 0.3) is 0 Å². The molecule has 1 N–H and O–H groups in total. The van der Waals surface area contributed by atoms with Crippen LogP contribution in [0.4, 0.5) is 0 Å². The van der Waals surface area contributed by atoms with Crippen molar-refractivity contribution in [1.82, 2.24) is 0 Å². The lowest BCUT2D eigenvalue weighted by Crippen LogP contribution is -2.45. The summed E-state index contributed by atoms with van der Waals surface area (Å²) in [5.41, 5.74) is 0.527. The van der Waals surface area contributed by atoms with Gasteiger partial charge in [-0.1, -0.05) is 25.8 Å². The minimum atomic E-state index is -1.27. The largest absolute Gasteiger partial charge is 0.465 e. The van der Waals surface area contributed by atoms with Crippen LogP contribution in [0.15, 0.2) is 58.6 Å². The van der Waals surface area contributed by atoms with Crippen molar-refractivity contribution in [3.63, 3.8) is 0 Å². The van der Waals surface area contributed by atoms with Crippen molar-refractivity contribution in [1.29, 1.82) is 0 Å². The molecule has 3 rings (SSSR count). The number of ketones is 1. The molecule has 1 aliphatic carbocycles. The van der Waals surface area contributed by atoms with E-state index in [1.54, 1.807) is 25.2 Å². The van der Waals surface area contributed by atoms with Gasteiger partial charge in [-0.25, -0.2) is 4.79 Å². The highest BCUT2D eigenvalue weighted by Gasteiger charge is 2.53. The highest BCUT2D eigenvalue weighted by Crippen LogP contribution is 2.46. The van der Waals surface area contributed by atoms with Gasteiger partial charge in [0.1, 0.15) is 17.4 Å². The Labute approximate surface area is 153 Å². The number of esters is 1. The van der Waals surface area contributed by atoms with Gasteiger partial charge in [-0.05, 0) is 44.1 Å². The predicted molar refractivity (Wildman–Crippen MR) is 96.8 cm³/mol. The second-order valence-electron chi connectivity index (χ2n) is 6.91. The summed E-state index contributed by atoms with van der Waals surface area (Å²) in [6, 6.07) is 0. The molecule has 0 saturated heterocycles. The lowest BCUT2D eigenvalue weighted by molar-refractivity contribution is -0.152. The molecule has 2 aliphatic heterocycles. The van der Waals surface area contributed by atoms with E-state index in [0.29, 0.717) is 23.3 Å². The van der Waals surface area contributed by atoms with Crippen LogP contribution in [0.5, 0.6) is 0 Å². The Morgan fingerprint density at radius 1 is 1.35 bits per heavy atom. The maximum absolute atomic E-state index is 12.6. The maximum atomic E-state index is 12.6. The fourth-order valence-corrected chi connectivity index (χ4v) is 3.52. The first kappa shape index (κ1) is 18.4. The van der Waals surface area contributed by atoms with Crippen molar-refractivity contribution in [3.8, 4) is 0 Å². The summed E-state index contributed by atoms with van der Waals surface area (Å²) >= 11 is 0. The first-order valence-corrected chi connectivity index (χ1v) is 9.05. The van der Waals surface area contributed by atoms with Crippen molar-refractivity contribution >= 4 is 11.8 Å². The number of allylic oxidation sites excluding steroid dienone is 3. The summed E-state index contributed by atoms with van der Waals surface area (Å²) in [6.07, 6.45) is 10.6. The van der Waals surface area contributed by atoms with Crippen molar-refractivity contribution in [2.24, 2.45) is 0 Å².